The van der Waals surface area contributed by atoms with E-state index in [0.717, 1.165) is 37.5 Å². The van der Waals surface area contributed by atoms with Crippen molar-refractivity contribution in [1.82, 2.24) is 15.1 Å². The first-order valence-electron chi connectivity index (χ1n) is 15.7. The third-order valence-electron chi connectivity index (χ3n) is 7.98. The summed E-state index contributed by atoms with van der Waals surface area (Å²) in [6.45, 7) is 3.68. The molecule has 16 nitrogen and oxygen atoms in total. The molecule has 0 spiro atoms. The predicted octanol–water partition coefficient (Wildman–Crippen LogP) is 1.22. The van der Waals surface area contributed by atoms with Crippen LogP contribution in [-0.4, -0.2) is 114 Å². The highest BCUT2D eigenvalue weighted by atomic mass is 32.1. The van der Waals surface area contributed by atoms with E-state index < -0.39 is 79.0 Å². The molecule has 50 heavy (non-hydrogen) atoms. The summed E-state index contributed by atoms with van der Waals surface area (Å²) in [6, 6.07) is 9.76. The predicted molar refractivity (Wildman–Crippen MR) is 172 cm³/mol. The highest BCUT2D eigenvalue weighted by molar-refractivity contribution is 7.09. The number of ether oxygens (including phenoxy) is 5. The average molecular weight is 713 g/mol. The number of benzene rings is 1. The molecule has 1 aromatic heterocycles. The number of thiophene rings is 1. The molecule has 6 atom stereocenters. The maximum Gasteiger partial charge on any atom is 0.303 e. The van der Waals surface area contributed by atoms with Crippen LogP contribution < -0.4 is 5.32 Å². The van der Waals surface area contributed by atoms with Crippen molar-refractivity contribution in [1.29, 1.82) is 0 Å². The van der Waals surface area contributed by atoms with E-state index in [1.165, 1.54) is 16.2 Å². The lowest BCUT2D eigenvalue weighted by Crippen LogP contribution is -2.63. The van der Waals surface area contributed by atoms with E-state index in [1.807, 2.05) is 17.5 Å². The van der Waals surface area contributed by atoms with Gasteiger partial charge in [0.1, 0.15) is 12.7 Å². The minimum atomic E-state index is -1.51. The molecule has 4 heterocycles. The van der Waals surface area contributed by atoms with Crippen LogP contribution in [0.5, 0.6) is 0 Å². The zero-order valence-corrected chi connectivity index (χ0v) is 28.5. The van der Waals surface area contributed by atoms with E-state index >= 15 is 0 Å². The Kier molecular flexibility index (Phi) is 11.3. The first-order chi connectivity index (χ1) is 23.8. The van der Waals surface area contributed by atoms with Crippen LogP contribution in [0.1, 0.15) is 59.7 Å². The molecule has 1 N–H and O–H groups in total. The van der Waals surface area contributed by atoms with Gasteiger partial charge < -0.3 is 29.0 Å². The molecule has 0 unspecified atom stereocenters. The second-order valence-corrected chi connectivity index (χ2v) is 12.8. The fraction of sp³-hybridized carbons (Fsp3) is 0.455. The van der Waals surface area contributed by atoms with Crippen LogP contribution >= 0.6 is 11.3 Å². The number of carbonyl (C=O) groups excluding carboxylic acids is 7. The minimum absolute atomic E-state index is 0.0393. The number of aliphatic imine (C=N–C) groups is 1. The second-order valence-electron chi connectivity index (χ2n) is 11.7. The van der Waals surface area contributed by atoms with Gasteiger partial charge in [0.05, 0.1) is 11.1 Å². The molecule has 0 radical (unpaired) electrons. The number of hydrogen-bond donors (Lipinski definition) is 1. The minimum Gasteiger partial charge on any atom is -0.463 e. The number of guanidine groups is 1. The summed E-state index contributed by atoms with van der Waals surface area (Å²) in [6.07, 6.45) is -6.65. The number of rotatable bonds is 11. The van der Waals surface area contributed by atoms with Crippen molar-refractivity contribution >= 4 is 58.9 Å². The van der Waals surface area contributed by atoms with Crippen LogP contribution in [0.25, 0.3) is 0 Å². The number of nitrogens with zero attached hydrogens (tertiary/aromatic N) is 3. The molecule has 2 saturated heterocycles. The van der Waals surface area contributed by atoms with Crippen molar-refractivity contribution in [2.24, 2.45) is 4.99 Å². The number of nitrogens with one attached hydrogen (secondary N) is 1. The van der Waals surface area contributed by atoms with E-state index in [9.17, 15) is 33.6 Å². The largest absolute Gasteiger partial charge is 0.463 e. The van der Waals surface area contributed by atoms with E-state index in [2.05, 4.69) is 10.3 Å². The molecule has 3 aliphatic rings. The van der Waals surface area contributed by atoms with Crippen molar-refractivity contribution < 1.29 is 57.2 Å². The first kappa shape index (κ1) is 36.1. The normalized spacial score (nSPS) is 25.5. The Hall–Kier alpha value is -5.16. The van der Waals surface area contributed by atoms with E-state index in [1.54, 1.807) is 24.3 Å². The third kappa shape index (κ3) is 8.34. The van der Waals surface area contributed by atoms with Gasteiger partial charge in [0.15, 0.2) is 24.5 Å². The SMILES string of the molecule is CC(=O)OC[C@H]1O[C@H](/N=C2\N[C@H](Cc3cccs3)CC(=O)N2CCN2C(=O)c3ccccc3C2=O)[C@H](OC(C)=O)[C@@H](OC(C)=O)[C@@H]1OC(C)=O. The van der Waals surface area contributed by atoms with E-state index in [0.29, 0.717) is 6.42 Å². The number of amides is 3. The van der Waals surface area contributed by atoms with Crippen molar-refractivity contribution in [2.75, 3.05) is 19.7 Å². The Bertz CT molecular complexity index is 1660. The average Bonchev–Trinajstić information content (AvgIpc) is 3.64. The van der Waals surface area contributed by atoms with Gasteiger partial charge in [0.2, 0.25) is 11.9 Å². The zero-order valence-electron chi connectivity index (χ0n) is 27.7. The fourth-order valence-corrected chi connectivity index (χ4v) is 6.74. The van der Waals surface area contributed by atoms with Gasteiger partial charge in [-0.3, -0.25) is 43.4 Å². The van der Waals surface area contributed by atoms with Gasteiger partial charge in [-0.15, -0.1) is 11.3 Å². The van der Waals surface area contributed by atoms with E-state index in [-0.39, 0.29) is 42.5 Å². The van der Waals surface area contributed by atoms with Crippen LogP contribution in [0.4, 0.5) is 0 Å². The topological polar surface area (TPSA) is 197 Å². The summed E-state index contributed by atoms with van der Waals surface area (Å²) >= 11 is 1.50. The molecular formula is C33H36N4O12S. The highest BCUT2D eigenvalue weighted by Crippen LogP contribution is 2.31. The first-order valence-corrected chi connectivity index (χ1v) is 16.6. The van der Waals surface area contributed by atoms with Crippen LogP contribution in [0.15, 0.2) is 46.8 Å². The summed E-state index contributed by atoms with van der Waals surface area (Å²) in [4.78, 5) is 96.4. The van der Waals surface area contributed by atoms with Crippen LogP contribution in [0.3, 0.4) is 0 Å². The monoisotopic (exact) mass is 712 g/mol. The lowest BCUT2D eigenvalue weighted by atomic mass is 9.97. The Morgan fingerprint density at radius 1 is 0.820 bits per heavy atom. The summed E-state index contributed by atoms with van der Waals surface area (Å²) in [5.41, 5.74) is 0.506. The molecule has 3 aliphatic heterocycles. The Morgan fingerprint density at radius 2 is 1.42 bits per heavy atom. The smallest absolute Gasteiger partial charge is 0.303 e. The third-order valence-corrected chi connectivity index (χ3v) is 8.88. The van der Waals surface area contributed by atoms with Crippen molar-refractivity contribution in [3.05, 3.63) is 57.8 Å². The lowest BCUT2D eigenvalue weighted by Gasteiger charge is -2.44. The van der Waals surface area contributed by atoms with Gasteiger partial charge in [-0.05, 0) is 23.6 Å². The maximum absolute atomic E-state index is 13.8. The molecule has 1 aromatic carbocycles. The molecule has 17 heteroatoms. The molecule has 5 rings (SSSR count). The number of carbonyl (C=O) groups is 7. The highest BCUT2D eigenvalue weighted by Gasteiger charge is 2.53. The van der Waals surface area contributed by atoms with Crippen LogP contribution in [0, 0.1) is 0 Å². The summed E-state index contributed by atoms with van der Waals surface area (Å²) in [5.74, 6) is -4.52. The standard InChI is InChI=1S/C33H36N4O12S/c1-17(38)45-16-25-27(46-18(2)39)28(47-19(3)40)29(48-20(4)41)30(49-25)35-33-34-21(14-22-8-7-13-50-22)15-26(42)36(33)11-12-37-31(43)23-9-5-6-10-24(23)32(37)44/h5-10,13,21,25,27-30H,11-12,14-16H2,1-4H3,(H,34,35)/t21-,25-,27-,28+,29-,30+/m1/s1. The molecule has 3 amide bonds. The molecule has 0 saturated carbocycles. The number of imide groups is 1. The molecular weight excluding hydrogens is 676 g/mol. The van der Waals surface area contributed by atoms with Crippen LogP contribution in [-0.2, 0) is 54.1 Å². The van der Waals surface area contributed by atoms with Crippen molar-refractivity contribution in [3.8, 4) is 0 Å². The zero-order chi connectivity index (χ0) is 36.1. The molecule has 0 bridgehead atoms. The molecule has 0 aliphatic carbocycles. The lowest BCUT2D eigenvalue weighted by molar-refractivity contribution is -0.251. The Balaban J connectivity index is 1.51. The maximum atomic E-state index is 13.8. The van der Waals surface area contributed by atoms with Crippen molar-refractivity contribution in [3.63, 3.8) is 0 Å². The van der Waals surface area contributed by atoms with Gasteiger partial charge in [-0.25, -0.2) is 4.99 Å². The van der Waals surface area contributed by atoms with Gasteiger partial charge in [-0.1, -0.05) is 18.2 Å². The number of hydrogen-bond acceptors (Lipinski definition) is 14. The van der Waals surface area contributed by atoms with Crippen molar-refractivity contribution in [2.45, 2.75) is 77.2 Å². The number of esters is 4. The molecule has 266 valence electrons. The van der Waals surface area contributed by atoms with Gasteiger partial charge in [-0.2, -0.15) is 0 Å². The quantitative estimate of drug-likeness (QED) is 0.199. The van der Waals surface area contributed by atoms with Gasteiger partial charge in [0, 0.05) is 64.5 Å². The summed E-state index contributed by atoms with van der Waals surface area (Å²) in [7, 11) is 0. The molecule has 2 aromatic rings. The van der Waals surface area contributed by atoms with Crippen LogP contribution in [0.2, 0.25) is 0 Å². The molecule has 2 fully saturated rings. The van der Waals surface area contributed by atoms with Gasteiger partial charge >= 0.3 is 23.9 Å². The Morgan fingerprint density at radius 3 is 2.00 bits per heavy atom. The number of fused-ring (bicyclic) bond motifs is 1. The summed E-state index contributed by atoms with van der Waals surface area (Å²) < 4.78 is 27.8. The Labute approximate surface area is 290 Å². The summed E-state index contributed by atoms with van der Waals surface area (Å²) in [5, 5.41) is 5.15. The second kappa shape index (κ2) is 15.6. The van der Waals surface area contributed by atoms with Gasteiger partial charge in [0.25, 0.3) is 11.8 Å². The van der Waals surface area contributed by atoms with E-state index in [4.69, 9.17) is 23.7 Å². The fourth-order valence-electron chi connectivity index (χ4n) is 5.96.